The summed E-state index contributed by atoms with van der Waals surface area (Å²) in [4.78, 5) is 25.9. The van der Waals surface area contributed by atoms with E-state index in [1.165, 1.54) is 25.7 Å². The maximum atomic E-state index is 4.91. The summed E-state index contributed by atoms with van der Waals surface area (Å²) in [6.45, 7) is 6.02. The van der Waals surface area contributed by atoms with E-state index in [9.17, 15) is 0 Å². The van der Waals surface area contributed by atoms with Gasteiger partial charge in [0.05, 0.1) is 28.3 Å². The number of pyridine rings is 3. The molecule has 1 fully saturated rings. The Morgan fingerprint density at radius 3 is 2.74 bits per heavy atom. The molecule has 0 atom stereocenters. The van der Waals surface area contributed by atoms with E-state index in [1.807, 2.05) is 36.8 Å². The molecule has 0 aliphatic heterocycles. The summed E-state index contributed by atoms with van der Waals surface area (Å²) in [6.07, 6.45) is 18.2. The molecular weight excluding hydrogens is 486 g/mol. The molecule has 0 bridgehead atoms. The Kier molecular flexibility index (Phi) is 7.05. The molecule has 5 aromatic heterocycles. The van der Waals surface area contributed by atoms with Crippen molar-refractivity contribution in [3.05, 3.63) is 77.1 Å². The molecule has 6 rings (SSSR count). The predicted octanol–water partition coefficient (Wildman–Crippen LogP) is 3.39. The van der Waals surface area contributed by atoms with Crippen LogP contribution in [0.3, 0.4) is 0 Å². The maximum absolute atomic E-state index is 4.91. The SMILES string of the molecule is C=c1[nH]nc(-c2nc3c(-c4ccncc4)cncc3[nH]2)/c1=C/C(=NC)c1cncc(CNCC2CCCC2)c1. The lowest BCUT2D eigenvalue weighted by atomic mass is 10.1. The highest BCUT2D eigenvalue weighted by atomic mass is 15.1. The van der Waals surface area contributed by atoms with Crippen LogP contribution in [0.1, 0.15) is 36.8 Å². The minimum atomic E-state index is 0.629. The first-order valence-electron chi connectivity index (χ1n) is 13.3. The number of fused-ring (bicyclic) bond motifs is 1. The zero-order valence-corrected chi connectivity index (χ0v) is 22.0. The zero-order valence-electron chi connectivity index (χ0n) is 22.0. The van der Waals surface area contributed by atoms with Gasteiger partial charge in [-0.2, -0.15) is 5.10 Å². The summed E-state index contributed by atoms with van der Waals surface area (Å²) < 4.78 is 0. The Morgan fingerprint density at radius 2 is 1.92 bits per heavy atom. The number of aliphatic imine (C=N–C) groups is 1. The van der Waals surface area contributed by atoms with Gasteiger partial charge in [-0.3, -0.25) is 25.0 Å². The van der Waals surface area contributed by atoms with Crippen molar-refractivity contribution < 1.29 is 0 Å². The lowest BCUT2D eigenvalue weighted by molar-refractivity contribution is 0.489. The summed E-state index contributed by atoms with van der Waals surface area (Å²) in [5.41, 5.74) is 7.10. The molecule has 5 heterocycles. The van der Waals surface area contributed by atoms with Crippen LogP contribution in [0.2, 0.25) is 0 Å². The lowest BCUT2D eigenvalue weighted by Crippen LogP contribution is -2.24. The third-order valence-corrected chi connectivity index (χ3v) is 7.34. The van der Waals surface area contributed by atoms with Gasteiger partial charge in [0, 0.05) is 60.9 Å². The normalized spacial score (nSPS) is 15.0. The summed E-state index contributed by atoms with van der Waals surface area (Å²) in [6, 6.07) is 6.04. The maximum Gasteiger partial charge on any atom is 0.159 e. The largest absolute Gasteiger partial charge is 0.335 e. The highest BCUT2D eigenvalue weighted by Crippen LogP contribution is 2.27. The molecule has 9 heteroatoms. The van der Waals surface area contributed by atoms with E-state index in [1.54, 1.807) is 25.6 Å². The Hall–Kier alpha value is -4.50. The number of nitrogens with zero attached hydrogens (tertiary/aromatic N) is 6. The van der Waals surface area contributed by atoms with Crippen LogP contribution in [0.5, 0.6) is 0 Å². The van der Waals surface area contributed by atoms with Gasteiger partial charge in [0.25, 0.3) is 0 Å². The number of hydrogen-bond acceptors (Lipinski definition) is 7. The van der Waals surface area contributed by atoms with Crippen LogP contribution in [0.4, 0.5) is 0 Å². The number of aromatic amines is 2. The van der Waals surface area contributed by atoms with Gasteiger partial charge in [-0.1, -0.05) is 19.4 Å². The number of aromatic nitrogens is 7. The van der Waals surface area contributed by atoms with Crippen molar-refractivity contribution in [3.63, 3.8) is 0 Å². The minimum absolute atomic E-state index is 0.629. The Bertz CT molecular complexity index is 1730. The van der Waals surface area contributed by atoms with Crippen molar-refractivity contribution in [1.29, 1.82) is 0 Å². The quantitative estimate of drug-likeness (QED) is 0.271. The smallest absolute Gasteiger partial charge is 0.159 e. The fourth-order valence-corrected chi connectivity index (χ4v) is 5.28. The molecule has 1 aliphatic rings. The van der Waals surface area contributed by atoms with Crippen molar-refractivity contribution in [2.75, 3.05) is 13.6 Å². The summed E-state index contributed by atoms with van der Waals surface area (Å²) in [5, 5.41) is 12.7. The topological polar surface area (TPSA) is 120 Å². The Labute approximate surface area is 226 Å². The fourth-order valence-electron chi connectivity index (χ4n) is 5.28. The molecule has 0 saturated heterocycles. The van der Waals surface area contributed by atoms with E-state index in [0.717, 1.165) is 63.2 Å². The van der Waals surface area contributed by atoms with Crippen LogP contribution < -0.4 is 15.9 Å². The first kappa shape index (κ1) is 24.8. The molecule has 1 aliphatic carbocycles. The number of H-pyrrole nitrogens is 2. The van der Waals surface area contributed by atoms with Crippen LogP contribution in [0.15, 0.2) is 60.4 Å². The van der Waals surface area contributed by atoms with E-state index in [2.05, 4.69) is 53.1 Å². The number of nitrogens with one attached hydrogen (secondary N) is 3. The third-order valence-electron chi connectivity index (χ3n) is 7.34. The van der Waals surface area contributed by atoms with Crippen LogP contribution in [-0.2, 0) is 6.54 Å². The van der Waals surface area contributed by atoms with E-state index >= 15 is 0 Å². The van der Waals surface area contributed by atoms with E-state index in [4.69, 9.17) is 4.98 Å². The molecule has 39 heavy (non-hydrogen) atoms. The van der Waals surface area contributed by atoms with Crippen molar-refractivity contribution in [1.82, 2.24) is 40.4 Å². The second-order valence-electron chi connectivity index (χ2n) is 9.99. The first-order chi connectivity index (χ1) is 19.2. The average Bonchev–Trinajstić information content (AvgIpc) is 3.72. The van der Waals surface area contributed by atoms with Gasteiger partial charge >= 0.3 is 0 Å². The molecule has 0 spiro atoms. The molecule has 9 nitrogen and oxygen atoms in total. The van der Waals surface area contributed by atoms with Gasteiger partial charge in [-0.05, 0) is 60.7 Å². The van der Waals surface area contributed by atoms with Gasteiger partial charge in [0.2, 0.25) is 0 Å². The van der Waals surface area contributed by atoms with E-state index in [0.29, 0.717) is 16.9 Å². The molecule has 1 saturated carbocycles. The van der Waals surface area contributed by atoms with Gasteiger partial charge in [0.1, 0.15) is 5.69 Å². The molecule has 0 aromatic carbocycles. The Morgan fingerprint density at radius 1 is 1.10 bits per heavy atom. The summed E-state index contributed by atoms with van der Waals surface area (Å²) in [7, 11) is 1.78. The van der Waals surface area contributed by atoms with Crippen molar-refractivity contribution in [2.45, 2.75) is 32.2 Å². The highest BCUT2D eigenvalue weighted by molar-refractivity contribution is 6.21. The Balaban J connectivity index is 1.31. The monoisotopic (exact) mass is 517 g/mol. The van der Waals surface area contributed by atoms with Gasteiger partial charge in [0.15, 0.2) is 5.82 Å². The number of imidazole rings is 1. The van der Waals surface area contributed by atoms with Crippen molar-refractivity contribution in [2.24, 2.45) is 10.9 Å². The van der Waals surface area contributed by atoms with Crippen LogP contribution in [0, 0.1) is 5.92 Å². The van der Waals surface area contributed by atoms with Crippen LogP contribution in [0.25, 0.3) is 46.3 Å². The van der Waals surface area contributed by atoms with E-state index in [-0.39, 0.29) is 0 Å². The molecule has 5 aromatic rings. The number of rotatable bonds is 8. The molecule has 0 unspecified atom stereocenters. The fraction of sp³-hybridized carbons (Fsp3) is 0.267. The van der Waals surface area contributed by atoms with Crippen molar-refractivity contribution in [3.8, 4) is 22.6 Å². The molecule has 0 radical (unpaired) electrons. The second-order valence-corrected chi connectivity index (χ2v) is 9.99. The van der Waals surface area contributed by atoms with Crippen LogP contribution in [-0.4, -0.2) is 54.4 Å². The van der Waals surface area contributed by atoms with Gasteiger partial charge < -0.3 is 10.3 Å². The van der Waals surface area contributed by atoms with Crippen LogP contribution >= 0.6 is 0 Å². The summed E-state index contributed by atoms with van der Waals surface area (Å²) >= 11 is 0. The second kappa shape index (κ2) is 11.1. The predicted molar refractivity (Wildman–Crippen MR) is 154 cm³/mol. The molecule has 0 amide bonds. The van der Waals surface area contributed by atoms with E-state index < -0.39 is 0 Å². The standard InChI is InChI=1S/C30H31N9/c1-19-24(12-26(31-2)23-11-21(15-34-16-23)14-33-13-20-5-3-4-6-20)29(39-38-19)30-36-27-18-35-17-25(28(27)37-30)22-7-9-32-10-8-22/h7-12,15-18,20,33,38H,1,3-6,13-14H2,2H3,(H,36,37)/b24-12+,31-26?. The van der Waals surface area contributed by atoms with Crippen molar-refractivity contribution >= 4 is 29.4 Å². The average molecular weight is 518 g/mol. The highest BCUT2D eigenvalue weighted by Gasteiger charge is 2.16. The molecule has 196 valence electrons. The zero-order chi connectivity index (χ0) is 26.6. The van der Waals surface area contributed by atoms with Gasteiger partial charge in [-0.15, -0.1) is 0 Å². The molecular formula is C30H31N9. The summed E-state index contributed by atoms with van der Waals surface area (Å²) in [5.74, 6) is 1.43. The van der Waals surface area contributed by atoms with Gasteiger partial charge in [-0.25, -0.2) is 4.98 Å². The lowest BCUT2D eigenvalue weighted by Gasteiger charge is -2.11. The first-order valence-corrected chi connectivity index (χ1v) is 13.3. The third kappa shape index (κ3) is 5.26. The molecule has 3 N–H and O–H groups in total. The number of hydrogen-bond donors (Lipinski definition) is 3. The minimum Gasteiger partial charge on any atom is -0.335 e.